The van der Waals surface area contributed by atoms with E-state index >= 15 is 0 Å². The van der Waals surface area contributed by atoms with Crippen molar-refractivity contribution in [2.24, 2.45) is 0 Å². The zero-order valence-electron chi connectivity index (χ0n) is 14.4. The molecular weight excluding hydrogens is 360 g/mol. The van der Waals surface area contributed by atoms with Crippen LogP contribution in [0.3, 0.4) is 0 Å². The molecule has 1 unspecified atom stereocenters. The Bertz CT molecular complexity index is 1020. The van der Waals surface area contributed by atoms with E-state index in [1.54, 1.807) is 6.20 Å². The lowest BCUT2D eigenvalue weighted by Gasteiger charge is -2.26. The van der Waals surface area contributed by atoms with Crippen LogP contribution < -0.4 is 5.32 Å². The lowest BCUT2D eigenvalue weighted by Crippen LogP contribution is -2.21. The number of nitrogens with zero attached hydrogens (tertiary/aromatic N) is 2. The quantitative estimate of drug-likeness (QED) is 0.681. The van der Waals surface area contributed by atoms with Crippen molar-refractivity contribution in [3.8, 4) is 6.07 Å². The van der Waals surface area contributed by atoms with E-state index in [4.69, 9.17) is 16.3 Å². The maximum Gasteiger partial charge on any atom is 0.129 e. The number of aromatic amines is 1. The molecule has 2 aromatic carbocycles. The molecule has 6 heteroatoms. The van der Waals surface area contributed by atoms with Gasteiger partial charge in [-0.3, -0.25) is 5.10 Å². The monoisotopic (exact) mass is 376 g/mol. The molecule has 3 aromatic rings. The largest absolute Gasteiger partial charge is 0.371 e. The molecule has 27 heavy (non-hydrogen) atoms. The first-order valence-electron chi connectivity index (χ1n) is 8.57. The summed E-state index contributed by atoms with van der Waals surface area (Å²) in [5, 5.41) is 20.8. The van der Waals surface area contributed by atoms with Crippen LogP contribution in [0.2, 0.25) is 5.02 Å². The Balaban J connectivity index is 1.65. The number of fused-ring (bicyclic) bond motifs is 1. The summed E-state index contributed by atoms with van der Waals surface area (Å²) in [6.07, 6.45) is 1.73. The fraction of sp³-hybridized carbons (Fsp3) is 0.143. The van der Waals surface area contributed by atoms with Gasteiger partial charge in [-0.1, -0.05) is 60.1 Å². The van der Waals surface area contributed by atoms with E-state index in [-0.39, 0.29) is 12.5 Å². The number of aromatic nitrogens is 2. The Kier molecular flexibility index (Phi) is 4.93. The molecule has 2 N–H and O–H groups in total. The van der Waals surface area contributed by atoms with Crippen LogP contribution in [0.4, 0.5) is 5.82 Å². The highest BCUT2D eigenvalue weighted by Crippen LogP contribution is 2.42. The number of nitrogens with one attached hydrogen (secondary N) is 2. The Morgan fingerprint density at radius 2 is 1.81 bits per heavy atom. The number of rotatable bonds is 5. The molecule has 0 saturated heterocycles. The van der Waals surface area contributed by atoms with Crippen LogP contribution in [0.25, 0.3) is 0 Å². The fourth-order valence-electron chi connectivity index (χ4n) is 3.29. The molecule has 0 saturated carbocycles. The lowest BCUT2D eigenvalue weighted by atomic mass is 9.83. The summed E-state index contributed by atoms with van der Waals surface area (Å²) < 4.78 is 5.86. The highest BCUT2D eigenvalue weighted by Gasteiger charge is 2.32. The summed E-state index contributed by atoms with van der Waals surface area (Å²) in [6.45, 7) is 0.758. The number of ether oxygens (including phenoxy) is 1. The number of allylic oxidation sites excluding steroid dienone is 1. The zero-order chi connectivity index (χ0) is 18.6. The van der Waals surface area contributed by atoms with E-state index in [9.17, 15) is 5.26 Å². The van der Waals surface area contributed by atoms with Crippen molar-refractivity contribution in [2.45, 2.75) is 12.5 Å². The van der Waals surface area contributed by atoms with E-state index in [1.807, 2.05) is 54.6 Å². The predicted molar refractivity (Wildman–Crippen MR) is 104 cm³/mol. The van der Waals surface area contributed by atoms with Crippen molar-refractivity contribution in [3.63, 3.8) is 0 Å². The van der Waals surface area contributed by atoms with Crippen molar-refractivity contribution in [3.05, 3.63) is 93.8 Å². The molecule has 1 aliphatic rings. The molecule has 0 amide bonds. The van der Waals surface area contributed by atoms with E-state index in [1.165, 1.54) is 0 Å². The van der Waals surface area contributed by atoms with Crippen molar-refractivity contribution < 1.29 is 4.74 Å². The first kappa shape index (κ1) is 17.3. The number of nitriles is 1. The minimum atomic E-state index is -0.283. The second-order valence-electron chi connectivity index (χ2n) is 6.26. The minimum Gasteiger partial charge on any atom is -0.371 e. The van der Waals surface area contributed by atoms with Gasteiger partial charge in [0.1, 0.15) is 5.82 Å². The third-order valence-corrected chi connectivity index (χ3v) is 4.91. The van der Waals surface area contributed by atoms with Crippen LogP contribution in [0.1, 0.15) is 22.6 Å². The number of H-pyrrole nitrogens is 1. The SMILES string of the molecule is N#CC1=C(COCc2ccccc2)Nc2[nH]ncc2C1c1ccccc1Cl. The van der Waals surface area contributed by atoms with Gasteiger partial charge in [-0.05, 0) is 17.2 Å². The van der Waals surface area contributed by atoms with Gasteiger partial charge in [0.25, 0.3) is 0 Å². The Hall–Kier alpha value is -3.07. The van der Waals surface area contributed by atoms with Crippen molar-refractivity contribution in [2.75, 3.05) is 11.9 Å². The average Bonchev–Trinajstić information content (AvgIpc) is 3.16. The van der Waals surface area contributed by atoms with E-state index in [0.29, 0.717) is 17.2 Å². The average molecular weight is 377 g/mol. The molecular formula is C21H17ClN4O. The second kappa shape index (κ2) is 7.67. The van der Waals surface area contributed by atoms with Gasteiger partial charge in [-0.15, -0.1) is 0 Å². The summed E-state index contributed by atoms with van der Waals surface area (Å²) >= 11 is 6.43. The van der Waals surface area contributed by atoms with Gasteiger partial charge in [0.05, 0.1) is 42.7 Å². The van der Waals surface area contributed by atoms with Crippen LogP contribution >= 0.6 is 11.6 Å². The Morgan fingerprint density at radius 3 is 2.59 bits per heavy atom. The first-order valence-corrected chi connectivity index (χ1v) is 8.95. The number of hydrogen-bond acceptors (Lipinski definition) is 4. The standard InChI is InChI=1S/C21H17ClN4O/c22-18-9-5-4-8-15(18)20-16(10-23)19(25-21-17(20)11-24-26-21)13-27-12-14-6-2-1-3-7-14/h1-9,11,20H,12-13H2,(H2,24,25,26). The van der Waals surface area contributed by atoms with Crippen molar-refractivity contribution >= 4 is 17.4 Å². The molecule has 1 atom stereocenters. The smallest absolute Gasteiger partial charge is 0.129 e. The topological polar surface area (TPSA) is 73.7 Å². The summed E-state index contributed by atoms with van der Waals surface area (Å²) in [5.74, 6) is 0.478. The van der Waals surface area contributed by atoms with Crippen LogP contribution in [0, 0.1) is 11.3 Å². The molecule has 134 valence electrons. The van der Waals surface area contributed by atoms with E-state index in [0.717, 1.165) is 28.2 Å². The molecule has 0 aliphatic carbocycles. The summed E-state index contributed by atoms with van der Waals surface area (Å²) in [6, 6.07) is 19.8. The first-order chi connectivity index (χ1) is 13.3. The van der Waals surface area contributed by atoms with Gasteiger partial charge in [0.2, 0.25) is 0 Å². The minimum absolute atomic E-state index is 0.283. The maximum absolute atomic E-state index is 9.89. The number of hydrogen-bond donors (Lipinski definition) is 2. The van der Waals surface area contributed by atoms with Gasteiger partial charge >= 0.3 is 0 Å². The Morgan fingerprint density at radius 1 is 1.04 bits per heavy atom. The van der Waals surface area contributed by atoms with Crippen LogP contribution in [0.15, 0.2) is 72.1 Å². The van der Waals surface area contributed by atoms with Gasteiger partial charge in [0.15, 0.2) is 0 Å². The van der Waals surface area contributed by atoms with Gasteiger partial charge < -0.3 is 10.1 Å². The van der Waals surface area contributed by atoms with E-state index < -0.39 is 0 Å². The molecule has 5 nitrogen and oxygen atoms in total. The molecule has 0 radical (unpaired) electrons. The van der Waals surface area contributed by atoms with Crippen LogP contribution in [-0.2, 0) is 11.3 Å². The predicted octanol–water partition coefficient (Wildman–Crippen LogP) is 4.61. The van der Waals surface area contributed by atoms with Crippen molar-refractivity contribution in [1.29, 1.82) is 5.26 Å². The maximum atomic E-state index is 9.89. The van der Waals surface area contributed by atoms with Crippen LogP contribution in [0.5, 0.6) is 0 Å². The second-order valence-corrected chi connectivity index (χ2v) is 6.67. The van der Waals surface area contributed by atoms with Gasteiger partial charge in [0, 0.05) is 10.6 Å². The highest BCUT2D eigenvalue weighted by molar-refractivity contribution is 6.31. The third-order valence-electron chi connectivity index (χ3n) is 4.56. The summed E-state index contributed by atoms with van der Waals surface area (Å²) in [4.78, 5) is 0. The molecule has 4 rings (SSSR count). The molecule has 1 aromatic heterocycles. The summed E-state index contributed by atoms with van der Waals surface area (Å²) in [7, 11) is 0. The van der Waals surface area contributed by atoms with E-state index in [2.05, 4.69) is 21.6 Å². The van der Waals surface area contributed by atoms with Gasteiger partial charge in [-0.2, -0.15) is 10.4 Å². The van der Waals surface area contributed by atoms with Crippen molar-refractivity contribution in [1.82, 2.24) is 10.2 Å². The molecule has 0 spiro atoms. The number of anilines is 1. The molecule has 2 heterocycles. The Labute approximate surface area is 162 Å². The van der Waals surface area contributed by atoms with Gasteiger partial charge in [-0.25, -0.2) is 0 Å². The third kappa shape index (κ3) is 3.45. The summed E-state index contributed by atoms with van der Waals surface area (Å²) in [5.41, 5.74) is 4.16. The fourth-order valence-corrected chi connectivity index (χ4v) is 3.53. The molecule has 1 aliphatic heterocycles. The number of benzene rings is 2. The normalized spacial score (nSPS) is 15.8. The highest BCUT2D eigenvalue weighted by atomic mass is 35.5. The molecule has 0 fully saturated rings. The molecule has 0 bridgehead atoms. The number of halogens is 1. The zero-order valence-corrected chi connectivity index (χ0v) is 15.2. The lowest BCUT2D eigenvalue weighted by molar-refractivity contribution is 0.142. The van der Waals surface area contributed by atoms with Crippen LogP contribution in [-0.4, -0.2) is 16.8 Å².